The Morgan fingerprint density at radius 3 is 2.24 bits per heavy atom. The molecule has 0 radical (unpaired) electrons. The van der Waals surface area contributed by atoms with Gasteiger partial charge in [-0.25, -0.2) is 4.98 Å². The van der Waals surface area contributed by atoms with Crippen molar-refractivity contribution in [3.8, 4) is 6.07 Å². The molecule has 1 aromatic heterocycles. The number of pyridine rings is 1. The van der Waals surface area contributed by atoms with Crippen molar-refractivity contribution >= 4 is 23.3 Å². The number of carbonyl (C=O) groups is 2. The lowest BCUT2D eigenvalue weighted by Gasteiger charge is -2.40. The van der Waals surface area contributed by atoms with Gasteiger partial charge in [0.15, 0.2) is 0 Å². The highest BCUT2D eigenvalue weighted by molar-refractivity contribution is 5.93. The fraction of sp³-hybridized carbons (Fsp3) is 0.440. The first-order chi connectivity index (χ1) is 15.9. The number of hydrogen-bond acceptors (Lipinski definition) is 6. The Balaban J connectivity index is 1.40. The summed E-state index contributed by atoms with van der Waals surface area (Å²) in [5.74, 6) is 0.911. The quantitative estimate of drug-likeness (QED) is 0.759. The average molecular weight is 447 g/mol. The summed E-state index contributed by atoms with van der Waals surface area (Å²) in [6.07, 6.45) is 5.29. The molecule has 0 bridgehead atoms. The number of carbonyl (C=O) groups excluding carboxylic acids is 2. The number of nitrogens with one attached hydrogen (secondary N) is 1. The molecule has 0 atom stereocenters. The van der Waals surface area contributed by atoms with Crippen molar-refractivity contribution in [1.29, 1.82) is 5.26 Å². The van der Waals surface area contributed by atoms with Crippen LogP contribution in [0.15, 0.2) is 42.6 Å². The maximum Gasteiger partial charge on any atom is 0.254 e. The minimum absolute atomic E-state index is 0.0684. The summed E-state index contributed by atoms with van der Waals surface area (Å²) in [6.45, 7) is 2.67. The summed E-state index contributed by atoms with van der Waals surface area (Å²) in [6, 6.07) is 13.1. The van der Waals surface area contributed by atoms with Gasteiger partial charge in [0.25, 0.3) is 5.91 Å². The zero-order chi connectivity index (χ0) is 23.4. The number of rotatable bonds is 5. The Kier molecular flexibility index (Phi) is 6.50. The molecule has 2 heterocycles. The van der Waals surface area contributed by atoms with Crippen LogP contribution in [0.4, 0.5) is 11.5 Å². The number of amides is 2. The van der Waals surface area contributed by atoms with E-state index in [0.717, 1.165) is 37.2 Å². The van der Waals surface area contributed by atoms with Crippen LogP contribution in [0.2, 0.25) is 0 Å². The first-order valence-electron chi connectivity index (χ1n) is 11.4. The van der Waals surface area contributed by atoms with Crippen molar-refractivity contribution in [2.45, 2.75) is 31.2 Å². The van der Waals surface area contributed by atoms with E-state index in [-0.39, 0.29) is 11.8 Å². The molecular formula is C25H30N6O2. The minimum Gasteiger partial charge on any atom is -0.371 e. The van der Waals surface area contributed by atoms with Gasteiger partial charge in [-0.05, 0) is 49.2 Å². The third-order valence-corrected chi connectivity index (χ3v) is 6.56. The molecule has 2 amide bonds. The molecule has 1 saturated carbocycles. The fourth-order valence-corrected chi connectivity index (χ4v) is 4.67. The largest absolute Gasteiger partial charge is 0.371 e. The summed E-state index contributed by atoms with van der Waals surface area (Å²) < 4.78 is 0. The Hall–Kier alpha value is -3.60. The molecule has 8 nitrogen and oxygen atoms in total. The molecule has 1 aromatic carbocycles. The Morgan fingerprint density at radius 2 is 1.70 bits per heavy atom. The molecule has 0 unspecified atom stereocenters. The number of nitrogens with zero attached hydrogens (tertiary/aromatic N) is 5. The second-order valence-corrected chi connectivity index (χ2v) is 8.99. The maximum atomic E-state index is 13.6. The summed E-state index contributed by atoms with van der Waals surface area (Å²) in [4.78, 5) is 35.8. The molecule has 1 N–H and O–H groups in total. The lowest BCUT2D eigenvalue weighted by atomic mass is 9.94. The molecular weight excluding hydrogens is 416 g/mol. The molecule has 1 saturated heterocycles. The second-order valence-electron chi connectivity index (χ2n) is 8.99. The van der Waals surface area contributed by atoms with Gasteiger partial charge in [-0.15, -0.1) is 0 Å². The SMILES string of the molecule is CN(C)C(=O)c1ccc(N2CCN(C(=O)C3(Nc4ccc(C#N)cc4)CCCC3)CC2)nc1. The van der Waals surface area contributed by atoms with Gasteiger partial charge in [-0.2, -0.15) is 5.26 Å². The van der Waals surface area contributed by atoms with Crippen LogP contribution in [0.1, 0.15) is 41.6 Å². The van der Waals surface area contributed by atoms with Crippen LogP contribution in [0.5, 0.6) is 0 Å². The molecule has 1 aliphatic heterocycles. The van der Waals surface area contributed by atoms with Crippen molar-refractivity contribution in [3.05, 3.63) is 53.7 Å². The summed E-state index contributed by atoms with van der Waals surface area (Å²) in [7, 11) is 3.44. The zero-order valence-electron chi connectivity index (χ0n) is 19.3. The van der Waals surface area contributed by atoms with Crippen LogP contribution in [-0.2, 0) is 4.79 Å². The molecule has 4 rings (SSSR count). The molecule has 2 fully saturated rings. The number of piperazine rings is 1. The van der Waals surface area contributed by atoms with Gasteiger partial charge < -0.3 is 20.0 Å². The minimum atomic E-state index is -0.581. The van der Waals surface area contributed by atoms with Crippen LogP contribution in [0.25, 0.3) is 0 Å². The van der Waals surface area contributed by atoms with Crippen LogP contribution in [0, 0.1) is 11.3 Å². The average Bonchev–Trinajstić information content (AvgIpc) is 3.33. The molecule has 8 heteroatoms. The fourth-order valence-electron chi connectivity index (χ4n) is 4.67. The highest BCUT2D eigenvalue weighted by Crippen LogP contribution is 2.35. The Bertz CT molecular complexity index is 1030. The summed E-state index contributed by atoms with van der Waals surface area (Å²) in [5.41, 5.74) is 1.47. The van der Waals surface area contributed by atoms with E-state index in [1.807, 2.05) is 23.1 Å². The topological polar surface area (TPSA) is 92.6 Å². The number of anilines is 2. The third kappa shape index (κ3) is 4.77. The Labute approximate surface area is 194 Å². The van der Waals surface area contributed by atoms with Crippen molar-refractivity contribution < 1.29 is 9.59 Å². The van der Waals surface area contributed by atoms with E-state index in [4.69, 9.17) is 5.26 Å². The number of aromatic nitrogens is 1. The van der Waals surface area contributed by atoms with Crippen LogP contribution >= 0.6 is 0 Å². The highest BCUT2D eigenvalue weighted by Gasteiger charge is 2.44. The van der Waals surface area contributed by atoms with E-state index in [1.165, 1.54) is 4.90 Å². The van der Waals surface area contributed by atoms with Gasteiger partial charge in [0.05, 0.1) is 17.2 Å². The van der Waals surface area contributed by atoms with E-state index in [0.29, 0.717) is 37.3 Å². The van der Waals surface area contributed by atoms with Gasteiger partial charge in [0.2, 0.25) is 5.91 Å². The summed E-state index contributed by atoms with van der Waals surface area (Å²) in [5, 5.41) is 12.5. The molecule has 1 aliphatic carbocycles. The molecule has 33 heavy (non-hydrogen) atoms. The zero-order valence-corrected chi connectivity index (χ0v) is 19.3. The smallest absolute Gasteiger partial charge is 0.254 e. The standard InChI is InChI=1S/C25H30N6O2/c1-29(2)23(32)20-7-10-22(27-18-20)30-13-15-31(16-14-30)24(33)25(11-3-4-12-25)28-21-8-5-19(17-26)6-9-21/h5-10,18,28H,3-4,11-16H2,1-2H3. The van der Waals surface area contributed by atoms with Crippen LogP contribution in [0.3, 0.4) is 0 Å². The van der Waals surface area contributed by atoms with Crippen LogP contribution in [-0.4, -0.2) is 72.4 Å². The van der Waals surface area contributed by atoms with Gasteiger partial charge >= 0.3 is 0 Å². The second kappa shape index (κ2) is 9.49. The van der Waals surface area contributed by atoms with Crippen molar-refractivity contribution in [2.75, 3.05) is 50.5 Å². The van der Waals surface area contributed by atoms with Crippen molar-refractivity contribution in [1.82, 2.24) is 14.8 Å². The lowest BCUT2D eigenvalue weighted by Crippen LogP contribution is -2.57. The first-order valence-corrected chi connectivity index (χ1v) is 11.4. The molecule has 0 spiro atoms. The number of nitriles is 1. The highest BCUT2D eigenvalue weighted by atomic mass is 16.2. The van der Waals surface area contributed by atoms with Crippen molar-refractivity contribution in [2.24, 2.45) is 0 Å². The molecule has 2 aromatic rings. The monoisotopic (exact) mass is 446 g/mol. The van der Waals surface area contributed by atoms with E-state index in [2.05, 4.69) is 21.3 Å². The van der Waals surface area contributed by atoms with E-state index in [9.17, 15) is 9.59 Å². The summed E-state index contributed by atoms with van der Waals surface area (Å²) >= 11 is 0. The van der Waals surface area contributed by atoms with E-state index in [1.54, 1.807) is 38.5 Å². The predicted molar refractivity (Wildman–Crippen MR) is 127 cm³/mol. The maximum absolute atomic E-state index is 13.6. The first kappa shape index (κ1) is 22.6. The van der Waals surface area contributed by atoms with Crippen LogP contribution < -0.4 is 10.2 Å². The van der Waals surface area contributed by atoms with E-state index >= 15 is 0 Å². The van der Waals surface area contributed by atoms with Gasteiger partial charge in [0, 0.05) is 52.2 Å². The number of hydrogen-bond donors (Lipinski definition) is 1. The molecule has 2 aliphatic rings. The van der Waals surface area contributed by atoms with Gasteiger partial charge in [0.1, 0.15) is 11.4 Å². The van der Waals surface area contributed by atoms with E-state index < -0.39 is 5.54 Å². The Morgan fingerprint density at radius 1 is 1.03 bits per heavy atom. The van der Waals surface area contributed by atoms with Crippen molar-refractivity contribution in [3.63, 3.8) is 0 Å². The lowest BCUT2D eigenvalue weighted by molar-refractivity contribution is -0.136. The normalized spacial score (nSPS) is 17.4. The van der Waals surface area contributed by atoms with Gasteiger partial charge in [-0.1, -0.05) is 12.8 Å². The molecule has 172 valence electrons. The predicted octanol–water partition coefficient (Wildman–Crippen LogP) is 2.73. The number of benzene rings is 1. The third-order valence-electron chi connectivity index (χ3n) is 6.56. The van der Waals surface area contributed by atoms with Gasteiger partial charge in [-0.3, -0.25) is 9.59 Å².